The minimum Gasteiger partial charge on any atom is -0.545 e. The number of carbonyl (C=O) groups is 2. The number of carbonyl (C=O) groups excluding carboxylic acids is 2. The number of hydrogen-bond donors (Lipinski definition) is 0. The van der Waals surface area contributed by atoms with Gasteiger partial charge in [-0.25, -0.2) is 0 Å². The Bertz CT molecular complexity index is 275. The van der Waals surface area contributed by atoms with E-state index in [4.69, 9.17) is 0 Å². The van der Waals surface area contributed by atoms with Gasteiger partial charge in [-0.1, -0.05) is 38.8 Å². The maximum atomic E-state index is 9.94. The zero-order valence-electron chi connectivity index (χ0n) is 12.3. The van der Waals surface area contributed by atoms with E-state index < -0.39 is 11.9 Å². The van der Waals surface area contributed by atoms with Crippen molar-refractivity contribution in [1.82, 2.24) is 0 Å². The third-order valence-corrected chi connectivity index (χ3v) is 2.46. The van der Waals surface area contributed by atoms with Gasteiger partial charge in [0.05, 0.1) is 11.9 Å². The molecule has 0 saturated carbocycles. The molecule has 104 valence electrons. The number of carboxylic acid groups (broad SMARTS) is 2. The first kappa shape index (κ1) is 23.7. The van der Waals surface area contributed by atoms with Crippen molar-refractivity contribution in [2.24, 2.45) is 0 Å². The van der Waals surface area contributed by atoms with Crippen LogP contribution in [-0.4, -0.2) is 49.7 Å². The molecule has 0 aliphatic carbocycles. The monoisotopic (exact) mass is 294 g/mol. The smallest absolute Gasteiger partial charge is 0.545 e. The van der Waals surface area contributed by atoms with Gasteiger partial charge in [0, 0.05) is 0 Å². The van der Waals surface area contributed by atoms with Crippen molar-refractivity contribution in [3.63, 3.8) is 0 Å². The third-order valence-electron chi connectivity index (χ3n) is 2.46. The first-order chi connectivity index (χ1) is 8.40. The van der Waals surface area contributed by atoms with Gasteiger partial charge in [-0.2, -0.15) is 0 Å². The second-order valence-electron chi connectivity index (χ2n) is 3.66. The van der Waals surface area contributed by atoms with Crippen molar-refractivity contribution < 1.29 is 19.8 Å². The topological polar surface area (TPSA) is 80.3 Å². The minimum absolute atomic E-state index is 0. The fourth-order valence-electron chi connectivity index (χ4n) is 1.24. The second-order valence-corrected chi connectivity index (χ2v) is 3.66. The average Bonchev–Trinajstić information content (AvgIpc) is 2.33. The van der Waals surface area contributed by atoms with Crippen LogP contribution in [0.5, 0.6) is 0 Å². The molecule has 0 bridgehead atoms. The van der Waals surface area contributed by atoms with Crippen LogP contribution < -0.4 is 10.2 Å². The summed E-state index contributed by atoms with van der Waals surface area (Å²) in [5.41, 5.74) is 1.85. The summed E-state index contributed by atoms with van der Waals surface area (Å²) in [6.45, 7) is 7.72. The predicted octanol–water partition coefficient (Wildman–Crippen LogP) is 0.585. The molecule has 0 fully saturated rings. The van der Waals surface area contributed by atoms with Crippen molar-refractivity contribution in [3.8, 4) is 0 Å². The first-order valence-corrected chi connectivity index (χ1v) is 6.21. The molecule has 0 rings (SSSR count). The predicted molar refractivity (Wildman–Crippen MR) is 73.1 cm³/mol. The van der Waals surface area contributed by atoms with E-state index in [2.05, 4.69) is 0 Å². The van der Waals surface area contributed by atoms with E-state index >= 15 is 0 Å². The summed E-state index contributed by atoms with van der Waals surface area (Å²) in [6, 6.07) is 0. The third kappa shape index (κ3) is 17.7. The van der Waals surface area contributed by atoms with E-state index in [1.165, 1.54) is 12.2 Å². The van der Waals surface area contributed by atoms with Gasteiger partial charge < -0.3 is 19.8 Å². The summed E-state index contributed by atoms with van der Waals surface area (Å²) in [7, 11) is 0. The molecule has 4 nitrogen and oxygen atoms in total. The molecule has 0 atom stereocenters. The van der Waals surface area contributed by atoms with Gasteiger partial charge in [0.1, 0.15) is 0 Å². The zero-order valence-corrected chi connectivity index (χ0v) is 14.5. The second kappa shape index (κ2) is 15.7. The zero-order chi connectivity index (χ0) is 14.6. The summed E-state index contributed by atoms with van der Waals surface area (Å²) < 4.78 is 0. The van der Waals surface area contributed by atoms with Crippen LogP contribution in [0.15, 0.2) is 23.3 Å². The first-order valence-electron chi connectivity index (χ1n) is 6.21. The minimum atomic E-state index is -1.09. The van der Waals surface area contributed by atoms with Gasteiger partial charge in [-0.05, 0) is 37.8 Å². The van der Waals surface area contributed by atoms with Crippen LogP contribution in [0.3, 0.4) is 0 Å². The molecule has 0 aliphatic heterocycles. The number of carboxylic acids is 2. The number of allylic oxidation sites excluding steroid dienone is 2. The fourth-order valence-corrected chi connectivity index (χ4v) is 1.24. The van der Waals surface area contributed by atoms with Crippen molar-refractivity contribution in [1.29, 1.82) is 0 Å². The standard InChI is InChI=1S/2C7H12O2.Ca/c2*1-3-6(4-2)5-7(8)9;/h2*5H,3-4H2,1-2H3,(H,8,9);/q;;+2/p-2. The van der Waals surface area contributed by atoms with Gasteiger partial charge in [0.15, 0.2) is 0 Å². The van der Waals surface area contributed by atoms with Gasteiger partial charge >= 0.3 is 37.7 Å². The Hall–Kier alpha value is -0.320. The molecular formula is C14H22CaO4. The van der Waals surface area contributed by atoms with Gasteiger partial charge in [0.25, 0.3) is 0 Å². The van der Waals surface area contributed by atoms with Gasteiger partial charge in [-0.3, -0.25) is 0 Å². The van der Waals surface area contributed by atoms with Crippen molar-refractivity contribution in [2.45, 2.75) is 53.4 Å². The van der Waals surface area contributed by atoms with Gasteiger partial charge in [-0.15, -0.1) is 0 Å². The molecule has 0 aromatic rings. The molecule has 0 saturated heterocycles. The number of aliphatic carboxylic acids is 2. The summed E-state index contributed by atoms with van der Waals surface area (Å²) in [5, 5.41) is 19.9. The summed E-state index contributed by atoms with van der Waals surface area (Å²) in [5.74, 6) is -2.18. The molecule has 19 heavy (non-hydrogen) atoms. The van der Waals surface area contributed by atoms with E-state index in [-0.39, 0.29) is 37.7 Å². The number of rotatable bonds is 6. The van der Waals surface area contributed by atoms with Crippen molar-refractivity contribution in [3.05, 3.63) is 23.3 Å². The molecule has 0 aromatic carbocycles. The quantitative estimate of drug-likeness (QED) is 0.530. The van der Waals surface area contributed by atoms with Crippen LogP contribution in [0, 0.1) is 0 Å². The Morgan fingerprint density at radius 3 is 1.00 bits per heavy atom. The van der Waals surface area contributed by atoms with Gasteiger partial charge in [0.2, 0.25) is 0 Å². The average molecular weight is 294 g/mol. The Morgan fingerprint density at radius 2 is 0.947 bits per heavy atom. The van der Waals surface area contributed by atoms with E-state index in [0.717, 1.165) is 36.8 Å². The molecule has 0 radical (unpaired) electrons. The van der Waals surface area contributed by atoms with Crippen molar-refractivity contribution >= 4 is 49.7 Å². The molecule has 0 spiro atoms. The van der Waals surface area contributed by atoms with E-state index in [1.54, 1.807) is 0 Å². The van der Waals surface area contributed by atoms with Crippen LogP contribution in [0.2, 0.25) is 0 Å². The van der Waals surface area contributed by atoms with E-state index in [0.29, 0.717) is 0 Å². The van der Waals surface area contributed by atoms with Crippen LogP contribution >= 0.6 is 0 Å². The SMILES string of the molecule is CCC(=CC(=O)[O-])CC.CCC(=CC(=O)[O-])CC.[Ca+2]. The van der Waals surface area contributed by atoms with Crippen LogP contribution in [0.4, 0.5) is 0 Å². The van der Waals surface area contributed by atoms with Crippen molar-refractivity contribution in [2.75, 3.05) is 0 Å². The maximum Gasteiger partial charge on any atom is 2.00 e. The van der Waals surface area contributed by atoms with Crippen LogP contribution in [-0.2, 0) is 9.59 Å². The normalized spacial score (nSPS) is 8.21. The number of hydrogen-bond acceptors (Lipinski definition) is 4. The Morgan fingerprint density at radius 1 is 0.737 bits per heavy atom. The van der Waals surface area contributed by atoms with Crippen LogP contribution in [0.25, 0.3) is 0 Å². The molecule has 0 aromatic heterocycles. The van der Waals surface area contributed by atoms with E-state index in [1.807, 2.05) is 27.7 Å². The van der Waals surface area contributed by atoms with E-state index in [9.17, 15) is 19.8 Å². The molecule has 5 heteroatoms. The molecule has 0 amide bonds. The summed E-state index contributed by atoms with van der Waals surface area (Å²) >= 11 is 0. The Labute approximate surface area is 145 Å². The summed E-state index contributed by atoms with van der Waals surface area (Å²) in [4.78, 5) is 19.9. The molecule has 0 aliphatic rings. The molecule has 0 unspecified atom stereocenters. The largest absolute Gasteiger partial charge is 2.00 e. The maximum absolute atomic E-state index is 9.94. The Kier molecular flexibility index (Phi) is 19.7. The fraction of sp³-hybridized carbons (Fsp3) is 0.571. The van der Waals surface area contributed by atoms with Crippen LogP contribution in [0.1, 0.15) is 53.4 Å². The Balaban J connectivity index is -0.000000256. The summed E-state index contributed by atoms with van der Waals surface area (Å²) in [6.07, 6.45) is 5.52. The molecule has 0 heterocycles. The molecule has 0 N–H and O–H groups in total. The molecular weight excluding hydrogens is 272 g/mol.